The number of rotatable bonds is 3. The van der Waals surface area contributed by atoms with Gasteiger partial charge in [-0.05, 0) is 23.8 Å². The van der Waals surface area contributed by atoms with Gasteiger partial charge in [-0.3, -0.25) is 9.79 Å². The van der Waals surface area contributed by atoms with Crippen LogP contribution in [-0.2, 0) is 4.79 Å². The van der Waals surface area contributed by atoms with Gasteiger partial charge in [-0.15, -0.1) is 0 Å². The minimum absolute atomic E-state index is 0.632. The summed E-state index contributed by atoms with van der Waals surface area (Å²) in [6, 6.07) is 14.7. The summed E-state index contributed by atoms with van der Waals surface area (Å²) in [5.41, 5.74) is 2.39. The topological polar surface area (TPSA) is 65.3 Å². The molecule has 2 aliphatic heterocycles. The van der Waals surface area contributed by atoms with Gasteiger partial charge in [-0.1, -0.05) is 53.7 Å². The van der Waals surface area contributed by atoms with Crippen LogP contribution >= 0.6 is 23.4 Å². The molecule has 0 saturated heterocycles. The SMILES string of the molecule is O=C(O)C(SC1=Nc2ccc(Cl)cc2C2=NCCN12)c1ccccc1. The Kier molecular flexibility index (Phi) is 4.23. The lowest BCUT2D eigenvalue weighted by Crippen LogP contribution is -2.36. The molecular weight excluding hydrogens is 358 g/mol. The van der Waals surface area contributed by atoms with Gasteiger partial charge in [0.2, 0.25) is 0 Å². The van der Waals surface area contributed by atoms with E-state index >= 15 is 0 Å². The molecule has 0 saturated carbocycles. The number of aliphatic imine (C=N–C) groups is 2. The van der Waals surface area contributed by atoms with E-state index < -0.39 is 11.2 Å². The third-order valence-electron chi connectivity index (χ3n) is 4.04. The van der Waals surface area contributed by atoms with Crippen LogP contribution in [0.2, 0.25) is 5.02 Å². The molecule has 0 aromatic heterocycles. The Hall–Kier alpha value is -2.31. The predicted molar refractivity (Wildman–Crippen MR) is 101 cm³/mol. The number of thioether (sulfide) groups is 1. The van der Waals surface area contributed by atoms with Crippen molar-refractivity contribution in [2.24, 2.45) is 9.98 Å². The van der Waals surface area contributed by atoms with Gasteiger partial charge in [0.05, 0.1) is 12.2 Å². The van der Waals surface area contributed by atoms with Gasteiger partial charge in [0, 0.05) is 17.1 Å². The van der Waals surface area contributed by atoms with Crippen molar-refractivity contribution < 1.29 is 9.90 Å². The largest absolute Gasteiger partial charge is 0.480 e. The molecular formula is C18H14ClN3O2S. The van der Waals surface area contributed by atoms with Crippen LogP contribution in [0, 0.1) is 0 Å². The summed E-state index contributed by atoms with van der Waals surface area (Å²) in [6.45, 7) is 1.35. The summed E-state index contributed by atoms with van der Waals surface area (Å²) in [6.07, 6.45) is 0. The third kappa shape index (κ3) is 3.03. The van der Waals surface area contributed by atoms with Crippen LogP contribution in [0.25, 0.3) is 0 Å². The molecule has 25 heavy (non-hydrogen) atoms. The van der Waals surface area contributed by atoms with E-state index in [0.29, 0.717) is 23.3 Å². The number of hydrogen-bond donors (Lipinski definition) is 1. The number of nitrogens with zero attached hydrogens (tertiary/aromatic N) is 3. The van der Waals surface area contributed by atoms with Crippen LogP contribution in [0.4, 0.5) is 5.69 Å². The number of benzene rings is 2. The summed E-state index contributed by atoms with van der Waals surface area (Å²) in [5.74, 6) is -0.0781. The highest BCUT2D eigenvalue weighted by Gasteiger charge is 2.33. The summed E-state index contributed by atoms with van der Waals surface area (Å²) in [5, 5.41) is 10.2. The molecule has 0 radical (unpaired) electrons. The van der Waals surface area contributed by atoms with E-state index in [9.17, 15) is 9.90 Å². The fraction of sp³-hybridized carbons (Fsp3) is 0.167. The average molecular weight is 372 g/mol. The minimum atomic E-state index is -0.890. The zero-order valence-corrected chi connectivity index (χ0v) is 14.7. The van der Waals surface area contributed by atoms with Crippen molar-refractivity contribution in [3.8, 4) is 0 Å². The number of hydrogen-bond acceptors (Lipinski definition) is 5. The van der Waals surface area contributed by atoms with Crippen molar-refractivity contribution in [1.29, 1.82) is 0 Å². The maximum Gasteiger partial charge on any atom is 0.321 e. The van der Waals surface area contributed by atoms with E-state index in [4.69, 9.17) is 11.6 Å². The van der Waals surface area contributed by atoms with E-state index in [1.165, 1.54) is 11.8 Å². The molecule has 0 amide bonds. The molecule has 2 aliphatic rings. The Morgan fingerprint density at radius 3 is 2.80 bits per heavy atom. The second-order valence-corrected chi connectivity index (χ2v) is 7.17. The summed E-state index contributed by atoms with van der Waals surface area (Å²) in [7, 11) is 0. The molecule has 1 unspecified atom stereocenters. The van der Waals surface area contributed by atoms with Gasteiger partial charge >= 0.3 is 5.97 Å². The van der Waals surface area contributed by atoms with E-state index in [-0.39, 0.29) is 0 Å². The lowest BCUT2D eigenvalue weighted by molar-refractivity contribution is -0.136. The maximum atomic E-state index is 11.8. The highest BCUT2D eigenvalue weighted by Crippen LogP contribution is 2.38. The van der Waals surface area contributed by atoms with Crippen molar-refractivity contribution >= 4 is 46.0 Å². The smallest absolute Gasteiger partial charge is 0.321 e. The summed E-state index contributed by atoms with van der Waals surface area (Å²) < 4.78 is 0. The number of carboxylic acid groups (broad SMARTS) is 1. The second kappa shape index (κ2) is 6.54. The molecule has 2 aromatic rings. The standard InChI is InChI=1S/C18H14ClN3O2S/c19-12-6-7-14-13(10-12)16-20-8-9-22(16)18(21-14)25-15(17(23)24)11-4-2-1-3-5-11/h1-7,10,15H,8-9H2,(H,23,24). The average Bonchev–Trinajstić information content (AvgIpc) is 3.10. The molecule has 2 aromatic carbocycles. The van der Waals surface area contributed by atoms with Crippen LogP contribution in [0.5, 0.6) is 0 Å². The third-order valence-corrected chi connectivity index (χ3v) is 5.50. The van der Waals surface area contributed by atoms with E-state index in [1.807, 2.05) is 47.4 Å². The Balaban J connectivity index is 1.73. The molecule has 4 rings (SSSR count). The Morgan fingerprint density at radius 2 is 2.04 bits per heavy atom. The summed E-state index contributed by atoms with van der Waals surface area (Å²) >= 11 is 7.34. The predicted octanol–water partition coefficient (Wildman–Crippen LogP) is 3.96. The van der Waals surface area contributed by atoms with Gasteiger partial charge in [-0.2, -0.15) is 0 Å². The number of amidine groups is 2. The maximum absolute atomic E-state index is 11.8. The fourth-order valence-corrected chi connectivity index (χ4v) is 4.13. The number of fused-ring (bicyclic) bond motifs is 3. The van der Waals surface area contributed by atoms with Crippen LogP contribution in [0.3, 0.4) is 0 Å². The zero-order valence-electron chi connectivity index (χ0n) is 13.1. The molecule has 1 atom stereocenters. The van der Waals surface area contributed by atoms with E-state index in [2.05, 4.69) is 9.98 Å². The molecule has 5 nitrogen and oxygen atoms in total. The van der Waals surface area contributed by atoms with Crippen molar-refractivity contribution in [2.75, 3.05) is 13.1 Å². The molecule has 1 N–H and O–H groups in total. The zero-order chi connectivity index (χ0) is 17.4. The van der Waals surface area contributed by atoms with Crippen LogP contribution in [0.1, 0.15) is 16.4 Å². The molecule has 0 spiro atoms. The van der Waals surface area contributed by atoms with Crippen molar-refractivity contribution in [1.82, 2.24) is 4.90 Å². The van der Waals surface area contributed by atoms with Crippen LogP contribution in [-0.4, -0.2) is 40.1 Å². The number of aliphatic carboxylic acids is 1. The van der Waals surface area contributed by atoms with Crippen LogP contribution in [0.15, 0.2) is 58.5 Å². The molecule has 0 fully saturated rings. The van der Waals surface area contributed by atoms with Crippen molar-refractivity contribution in [2.45, 2.75) is 5.25 Å². The summed E-state index contributed by atoms with van der Waals surface area (Å²) in [4.78, 5) is 23.0. The first kappa shape index (κ1) is 16.2. The Bertz CT molecular complexity index is 898. The first-order valence-electron chi connectivity index (χ1n) is 7.78. The highest BCUT2D eigenvalue weighted by molar-refractivity contribution is 8.14. The highest BCUT2D eigenvalue weighted by atomic mass is 35.5. The molecule has 0 aliphatic carbocycles. The second-order valence-electron chi connectivity index (χ2n) is 5.66. The molecule has 0 bridgehead atoms. The quantitative estimate of drug-likeness (QED) is 0.886. The number of carboxylic acids is 1. The van der Waals surface area contributed by atoms with Gasteiger partial charge < -0.3 is 10.0 Å². The first-order valence-corrected chi connectivity index (χ1v) is 9.04. The Morgan fingerprint density at radius 1 is 1.24 bits per heavy atom. The van der Waals surface area contributed by atoms with Gasteiger partial charge in [-0.25, -0.2) is 4.99 Å². The van der Waals surface area contributed by atoms with Crippen LogP contribution < -0.4 is 0 Å². The number of carbonyl (C=O) groups is 1. The minimum Gasteiger partial charge on any atom is -0.480 e. The molecule has 126 valence electrons. The lowest BCUT2D eigenvalue weighted by Gasteiger charge is -2.28. The van der Waals surface area contributed by atoms with E-state index in [0.717, 1.165) is 22.6 Å². The first-order chi connectivity index (χ1) is 12.1. The lowest BCUT2D eigenvalue weighted by atomic mass is 10.1. The van der Waals surface area contributed by atoms with Crippen molar-refractivity contribution in [3.63, 3.8) is 0 Å². The van der Waals surface area contributed by atoms with E-state index in [1.54, 1.807) is 6.07 Å². The van der Waals surface area contributed by atoms with Gasteiger partial charge in [0.1, 0.15) is 11.1 Å². The molecule has 7 heteroatoms. The monoisotopic (exact) mass is 371 g/mol. The normalized spacial score (nSPS) is 16.6. The fourth-order valence-electron chi connectivity index (χ4n) is 2.90. The van der Waals surface area contributed by atoms with Gasteiger partial charge in [0.25, 0.3) is 0 Å². The Labute approximate surface area is 154 Å². The number of halogens is 1. The van der Waals surface area contributed by atoms with Gasteiger partial charge in [0.15, 0.2) is 5.17 Å². The van der Waals surface area contributed by atoms with Crippen molar-refractivity contribution in [3.05, 3.63) is 64.7 Å². The molecule has 2 heterocycles.